The molecule has 1 aromatic carbocycles. The normalized spacial score (nSPS) is 20.7. The van der Waals surface area contributed by atoms with Gasteiger partial charge in [0.1, 0.15) is 0 Å². The lowest BCUT2D eigenvalue weighted by Gasteiger charge is -2.30. The molecule has 1 atom stereocenters. The van der Waals surface area contributed by atoms with E-state index in [1.807, 2.05) is 18.2 Å². The van der Waals surface area contributed by atoms with Gasteiger partial charge in [0.25, 0.3) is 0 Å². The SMILES string of the molecule is I.NC(=NCC(c1cccc(Cl)c1)N1CCCC1)N1CCOCC1. The van der Waals surface area contributed by atoms with E-state index in [-0.39, 0.29) is 30.0 Å². The number of morpholine rings is 1. The Balaban J connectivity index is 0.00000208. The van der Waals surface area contributed by atoms with Crippen LogP contribution in [-0.4, -0.2) is 61.7 Å². The van der Waals surface area contributed by atoms with Crippen LogP contribution in [0.25, 0.3) is 0 Å². The maximum atomic E-state index is 6.18. The summed E-state index contributed by atoms with van der Waals surface area (Å²) in [5.74, 6) is 0.625. The third kappa shape index (κ3) is 5.21. The van der Waals surface area contributed by atoms with Crippen LogP contribution in [0, 0.1) is 0 Å². The van der Waals surface area contributed by atoms with Gasteiger partial charge in [-0.25, -0.2) is 0 Å². The van der Waals surface area contributed by atoms with Crippen molar-refractivity contribution < 1.29 is 4.74 Å². The molecule has 2 aliphatic heterocycles. The molecule has 1 aromatic rings. The van der Waals surface area contributed by atoms with Crippen molar-refractivity contribution >= 4 is 41.5 Å². The zero-order chi connectivity index (χ0) is 16.1. The van der Waals surface area contributed by atoms with Gasteiger partial charge in [0.05, 0.1) is 25.8 Å². The fourth-order valence-corrected chi connectivity index (χ4v) is 3.47. The number of rotatable bonds is 4. The molecular formula is C17H26ClIN4O. The summed E-state index contributed by atoms with van der Waals surface area (Å²) in [5, 5.41) is 0.775. The van der Waals surface area contributed by atoms with E-state index in [0.29, 0.717) is 12.5 Å². The topological polar surface area (TPSA) is 54.1 Å². The summed E-state index contributed by atoms with van der Waals surface area (Å²) in [6.07, 6.45) is 2.50. The molecule has 7 heteroatoms. The number of nitrogens with zero attached hydrogens (tertiary/aromatic N) is 3. The maximum Gasteiger partial charge on any atom is 0.191 e. The number of benzene rings is 1. The van der Waals surface area contributed by atoms with Crippen LogP contribution < -0.4 is 5.73 Å². The molecule has 2 fully saturated rings. The molecule has 5 nitrogen and oxygen atoms in total. The van der Waals surface area contributed by atoms with Crippen LogP contribution in [0.5, 0.6) is 0 Å². The molecule has 134 valence electrons. The Morgan fingerprint density at radius 3 is 2.58 bits per heavy atom. The smallest absolute Gasteiger partial charge is 0.191 e. The number of hydrogen-bond acceptors (Lipinski definition) is 3. The molecule has 0 radical (unpaired) electrons. The average molecular weight is 465 g/mol. The van der Waals surface area contributed by atoms with E-state index in [9.17, 15) is 0 Å². The van der Waals surface area contributed by atoms with Gasteiger partial charge < -0.3 is 15.4 Å². The number of likely N-dealkylation sites (tertiary alicyclic amines) is 1. The van der Waals surface area contributed by atoms with Crippen molar-refractivity contribution in [3.05, 3.63) is 34.9 Å². The Labute approximate surface area is 166 Å². The quantitative estimate of drug-likeness (QED) is 0.423. The maximum absolute atomic E-state index is 6.18. The second-order valence-electron chi connectivity index (χ2n) is 6.11. The van der Waals surface area contributed by atoms with Crippen molar-refractivity contribution in [2.75, 3.05) is 45.9 Å². The molecular weight excluding hydrogens is 439 g/mol. The first-order valence-corrected chi connectivity index (χ1v) is 8.74. The first-order chi connectivity index (χ1) is 11.2. The van der Waals surface area contributed by atoms with Gasteiger partial charge in [-0.1, -0.05) is 23.7 Å². The Hall–Kier alpha value is -0.570. The van der Waals surface area contributed by atoms with Crippen molar-refractivity contribution in [3.63, 3.8) is 0 Å². The molecule has 2 heterocycles. The van der Waals surface area contributed by atoms with Gasteiger partial charge in [-0.3, -0.25) is 9.89 Å². The van der Waals surface area contributed by atoms with Crippen LogP contribution in [0.2, 0.25) is 5.02 Å². The number of aliphatic imine (C=N–C) groups is 1. The van der Waals surface area contributed by atoms with Gasteiger partial charge >= 0.3 is 0 Å². The van der Waals surface area contributed by atoms with Gasteiger partial charge in [0.15, 0.2) is 5.96 Å². The Kier molecular flexibility index (Phi) is 8.06. The van der Waals surface area contributed by atoms with Crippen molar-refractivity contribution in [1.29, 1.82) is 0 Å². The lowest BCUT2D eigenvalue weighted by Crippen LogP contribution is -2.45. The minimum absolute atomic E-state index is 0. The zero-order valence-corrected chi connectivity index (χ0v) is 17.0. The minimum atomic E-state index is 0. The molecule has 2 N–H and O–H groups in total. The molecule has 0 bridgehead atoms. The first kappa shape index (κ1) is 19.8. The molecule has 0 aromatic heterocycles. The van der Waals surface area contributed by atoms with Crippen LogP contribution >= 0.6 is 35.6 Å². The molecule has 0 amide bonds. The summed E-state index contributed by atoms with van der Waals surface area (Å²) >= 11 is 6.18. The number of ether oxygens (including phenoxy) is 1. The number of guanidine groups is 1. The Morgan fingerprint density at radius 1 is 1.21 bits per heavy atom. The van der Waals surface area contributed by atoms with Gasteiger partial charge in [0, 0.05) is 18.1 Å². The van der Waals surface area contributed by atoms with Crippen LogP contribution in [-0.2, 0) is 4.74 Å². The molecule has 1 unspecified atom stereocenters. The van der Waals surface area contributed by atoms with Gasteiger partial charge in [-0.2, -0.15) is 0 Å². The highest BCUT2D eigenvalue weighted by Crippen LogP contribution is 2.27. The third-order valence-corrected chi connectivity index (χ3v) is 4.81. The third-order valence-electron chi connectivity index (χ3n) is 4.58. The second kappa shape index (κ2) is 9.79. The van der Waals surface area contributed by atoms with E-state index in [0.717, 1.165) is 44.4 Å². The summed E-state index contributed by atoms with van der Waals surface area (Å²) in [6.45, 7) is 5.99. The molecule has 24 heavy (non-hydrogen) atoms. The number of halogens is 2. The summed E-state index contributed by atoms with van der Waals surface area (Å²) in [5.41, 5.74) is 7.40. The molecule has 2 saturated heterocycles. The van der Waals surface area contributed by atoms with Crippen molar-refractivity contribution in [3.8, 4) is 0 Å². The monoisotopic (exact) mass is 464 g/mol. The van der Waals surface area contributed by atoms with Crippen LogP contribution in [0.1, 0.15) is 24.4 Å². The fraction of sp³-hybridized carbons (Fsp3) is 0.588. The van der Waals surface area contributed by atoms with Gasteiger partial charge in [-0.05, 0) is 43.6 Å². The van der Waals surface area contributed by atoms with E-state index in [1.165, 1.54) is 18.4 Å². The Morgan fingerprint density at radius 2 is 1.92 bits per heavy atom. The summed E-state index contributed by atoms with van der Waals surface area (Å²) in [6, 6.07) is 8.35. The van der Waals surface area contributed by atoms with E-state index >= 15 is 0 Å². The highest BCUT2D eigenvalue weighted by atomic mass is 127. The largest absolute Gasteiger partial charge is 0.378 e. The lowest BCUT2D eigenvalue weighted by atomic mass is 10.1. The number of hydrogen-bond donors (Lipinski definition) is 1. The van der Waals surface area contributed by atoms with Gasteiger partial charge in [-0.15, -0.1) is 24.0 Å². The predicted octanol–water partition coefficient (Wildman–Crippen LogP) is 2.74. The van der Waals surface area contributed by atoms with Crippen LogP contribution in [0.15, 0.2) is 29.3 Å². The highest BCUT2D eigenvalue weighted by molar-refractivity contribution is 14.0. The van der Waals surface area contributed by atoms with Crippen LogP contribution in [0.3, 0.4) is 0 Å². The van der Waals surface area contributed by atoms with E-state index in [1.54, 1.807) is 0 Å². The average Bonchev–Trinajstić information content (AvgIpc) is 3.10. The molecule has 2 aliphatic rings. The molecule has 3 rings (SSSR count). The molecule has 0 spiro atoms. The van der Waals surface area contributed by atoms with E-state index < -0.39 is 0 Å². The summed E-state index contributed by atoms with van der Waals surface area (Å²) in [7, 11) is 0. The van der Waals surface area contributed by atoms with Gasteiger partial charge in [0.2, 0.25) is 0 Å². The van der Waals surface area contributed by atoms with Crippen LogP contribution in [0.4, 0.5) is 0 Å². The van der Waals surface area contributed by atoms with Crippen molar-refractivity contribution in [1.82, 2.24) is 9.80 Å². The zero-order valence-electron chi connectivity index (χ0n) is 13.9. The van der Waals surface area contributed by atoms with E-state index in [4.69, 9.17) is 22.1 Å². The van der Waals surface area contributed by atoms with Crippen molar-refractivity contribution in [2.45, 2.75) is 18.9 Å². The molecule has 0 saturated carbocycles. The Bertz CT molecular complexity index is 545. The summed E-state index contributed by atoms with van der Waals surface area (Å²) < 4.78 is 5.36. The second-order valence-corrected chi connectivity index (χ2v) is 6.55. The minimum Gasteiger partial charge on any atom is -0.378 e. The summed E-state index contributed by atoms with van der Waals surface area (Å²) in [4.78, 5) is 9.27. The standard InChI is InChI=1S/C17H25ClN4O.HI/c18-15-5-3-4-14(12-15)16(21-6-1-2-7-21)13-20-17(19)22-8-10-23-11-9-22;/h3-5,12,16H,1-2,6-11,13H2,(H2,19,20);1H. The predicted molar refractivity (Wildman–Crippen MR) is 109 cm³/mol. The van der Waals surface area contributed by atoms with Crippen molar-refractivity contribution in [2.24, 2.45) is 10.7 Å². The highest BCUT2D eigenvalue weighted by Gasteiger charge is 2.24. The molecule has 0 aliphatic carbocycles. The fourth-order valence-electron chi connectivity index (χ4n) is 3.27. The van der Waals surface area contributed by atoms with E-state index in [2.05, 4.69) is 20.9 Å². The number of nitrogens with two attached hydrogens (primary N) is 1. The lowest BCUT2D eigenvalue weighted by molar-refractivity contribution is 0.0673. The first-order valence-electron chi connectivity index (χ1n) is 8.36.